The minimum absolute atomic E-state index is 0.0647. The van der Waals surface area contributed by atoms with E-state index in [1.807, 2.05) is 0 Å². The van der Waals surface area contributed by atoms with Gasteiger partial charge in [-0.1, -0.05) is 28.4 Å². The lowest BCUT2D eigenvalue weighted by molar-refractivity contribution is 0.0645. The number of hydrogen-bond donors (Lipinski definition) is 0. The zero-order chi connectivity index (χ0) is 18.3. The zero-order valence-electron chi connectivity index (χ0n) is 14.3. The molecule has 6 nitrogen and oxygen atoms in total. The highest BCUT2D eigenvalue weighted by Crippen LogP contribution is 2.38. The highest BCUT2D eigenvalue weighted by atomic mass is 35.5. The quantitative estimate of drug-likeness (QED) is 0.604. The number of nitrogens with zero attached hydrogens (tertiary/aromatic N) is 3. The van der Waals surface area contributed by atoms with Crippen molar-refractivity contribution in [1.29, 1.82) is 0 Å². The molecule has 2 heterocycles. The van der Waals surface area contributed by atoms with E-state index in [9.17, 15) is 0 Å². The van der Waals surface area contributed by atoms with Gasteiger partial charge in [0.2, 0.25) is 5.58 Å². The third kappa shape index (κ3) is 3.37. The molecule has 3 aromatic rings. The second-order valence-corrected chi connectivity index (χ2v) is 7.20. The van der Waals surface area contributed by atoms with Gasteiger partial charge in [-0.2, -0.15) is 4.98 Å². The Morgan fingerprint density at radius 1 is 1.27 bits per heavy atom. The molecule has 4 rings (SSSR count). The lowest BCUT2D eigenvalue weighted by atomic mass is 10.1. The van der Waals surface area contributed by atoms with Crippen LogP contribution in [0.3, 0.4) is 0 Å². The Kier molecular flexibility index (Phi) is 4.73. The third-order valence-electron chi connectivity index (χ3n) is 4.33. The van der Waals surface area contributed by atoms with Crippen molar-refractivity contribution in [2.24, 2.45) is 5.92 Å². The lowest BCUT2D eigenvalue weighted by Gasteiger charge is -2.17. The minimum Gasteiger partial charge on any atom is -0.469 e. The number of halogens is 2. The number of rotatable bonds is 6. The molecule has 1 aromatic carbocycles. The van der Waals surface area contributed by atoms with Gasteiger partial charge in [0, 0.05) is 17.7 Å². The van der Waals surface area contributed by atoms with Gasteiger partial charge in [0.1, 0.15) is 23.1 Å². The van der Waals surface area contributed by atoms with E-state index in [0.29, 0.717) is 56.6 Å². The van der Waals surface area contributed by atoms with E-state index in [2.05, 4.69) is 15.1 Å². The van der Waals surface area contributed by atoms with Crippen molar-refractivity contribution < 1.29 is 14.0 Å². The average Bonchev–Trinajstić information content (AvgIpc) is 3.35. The van der Waals surface area contributed by atoms with Crippen LogP contribution in [0, 0.1) is 12.8 Å². The molecule has 1 aliphatic rings. The molecular formula is C18H17Cl2N3O3. The summed E-state index contributed by atoms with van der Waals surface area (Å²) in [7, 11) is 1.66. The van der Waals surface area contributed by atoms with Gasteiger partial charge in [-0.3, -0.25) is 0 Å². The van der Waals surface area contributed by atoms with Crippen molar-refractivity contribution in [2.45, 2.75) is 25.9 Å². The summed E-state index contributed by atoms with van der Waals surface area (Å²) in [6.45, 7) is 2.30. The van der Waals surface area contributed by atoms with Gasteiger partial charge in [-0.25, -0.2) is 4.98 Å². The fourth-order valence-corrected chi connectivity index (χ4v) is 3.39. The smallest absolute Gasteiger partial charge is 0.265 e. The van der Waals surface area contributed by atoms with Crippen LogP contribution >= 0.6 is 23.2 Å². The molecule has 0 spiro atoms. The van der Waals surface area contributed by atoms with Crippen LogP contribution in [-0.2, 0) is 4.74 Å². The summed E-state index contributed by atoms with van der Waals surface area (Å²) >= 11 is 12.3. The van der Waals surface area contributed by atoms with E-state index in [0.717, 1.165) is 12.8 Å². The second kappa shape index (κ2) is 7.02. The fraction of sp³-hybridized carbons (Fsp3) is 0.389. The average molecular weight is 394 g/mol. The fourth-order valence-electron chi connectivity index (χ4n) is 2.89. The number of aromatic nitrogens is 3. The van der Waals surface area contributed by atoms with Crippen LogP contribution in [0.5, 0.6) is 5.88 Å². The topological polar surface area (TPSA) is 70.3 Å². The Bertz CT molecular complexity index is 956. The zero-order valence-corrected chi connectivity index (χ0v) is 15.8. The van der Waals surface area contributed by atoms with Gasteiger partial charge >= 0.3 is 0 Å². The Morgan fingerprint density at radius 2 is 2.08 bits per heavy atom. The molecule has 2 aromatic heterocycles. The molecule has 26 heavy (non-hydrogen) atoms. The Morgan fingerprint density at radius 3 is 2.77 bits per heavy atom. The maximum Gasteiger partial charge on any atom is 0.265 e. The number of aryl methyl sites for hydroxylation is 1. The summed E-state index contributed by atoms with van der Waals surface area (Å²) < 4.78 is 16.9. The van der Waals surface area contributed by atoms with Crippen molar-refractivity contribution in [3.63, 3.8) is 0 Å². The van der Waals surface area contributed by atoms with E-state index in [4.69, 9.17) is 37.2 Å². The number of benzene rings is 1. The van der Waals surface area contributed by atoms with E-state index >= 15 is 0 Å². The number of ether oxygens (including phenoxy) is 2. The van der Waals surface area contributed by atoms with E-state index in [-0.39, 0.29) is 6.10 Å². The van der Waals surface area contributed by atoms with Crippen LogP contribution < -0.4 is 4.74 Å². The molecule has 0 aliphatic heterocycles. The predicted octanol–water partition coefficient (Wildman–Crippen LogP) is 4.70. The molecule has 8 heteroatoms. The molecule has 1 atom stereocenters. The van der Waals surface area contributed by atoms with Gasteiger partial charge in [0.05, 0.1) is 11.6 Å². The third-order valence-corrected chi connectivity index (χ3v) is 4.87. The highest BCUT2D eigenvalue weighted by molar-refractivity contribution is 6.36. The van der Waals surface area contributed by atoms with Gasteiger partial charge in [-0.15, -0.1) is 0 Å². The monoisotopic (exact) mass is 393 g/mol. The van der Waals surface area contributed by atoms with Gasteiger partial charge in [0.25, 0.3) is 5.88 Å². The molecule has 1 aliphatic carbocycles. The van der Waals surface area contributed by atoms with Crippen molar-refractivity contribution in [1.82, 2.24) is 15.1 Å². The first-order valence-corrected chi connectivity index (χ1v) is 9.07. The molecule has 136 valence electrons. The van der Waals surface area contributed by atoms with Gasteiger partial charge in [0.15, 0.2) is 0 Å². The molecule has 0 radical (unpaired) electrons. The maximum atomic E-state index is 6.32. The Hall–Kier alpha value is -1.89. The normalized spacial score (nSPS) is 15.4. The summed E-state index contributed by atoms with van der Waals surface area (Å²) in [5.41, 5.74) is 2.18. The van der Waals surface area contributed by atoms with Crippen LogP contribution in [0.4, 0.5) is 0 Å². The summed E-state index contributed by atoms with van der Waals surface area (Å²) in [6.07, 6.45) is 2.19. The number of fused-ring (bicyclic) bond motifs is 1. The molecule has 1 fully saturated rings. The number of hydrogen-bond acceptors (Lipinski definition) is 6. The standard InChI is InChI=1S/C18H17Cl2N3O3/c1-9-21-16-15(12-6-5-11(19)7-13(12)20)23-26-17(16)18(22-9)25-14(8-24-2)10-3-4-10/h5-7,10,14H,3-4,8H2,1-2H3. The second-order valence-electron chi connectivity index (χ2n) is 6.36. The van der Waals surface area contributed by atoms with E-state index in [1.54, 1.807) is 32.2 Å². The Labute approximate surface area is 160 Å². The van der Waals surface area contributed by atoms with Crippen LogP contribution in [0.1, 0.15) is 18.7 Å². The SMILES string of the molecule is COCC(Oc1nc(C)nc2c(-c3ccc(Cl)cc3Cl)noc12)C1CC1. The molecule has 0 saturated heterocycles. The maximum absolute atomic E-state index is 6.32. The molecule has 1 saturated carbocycles. The van der Waals surface area contributed by atoms with Gasteiger partial charge < -0.3 is 14.0 Å². The van der Waals surface area contributed by atoms with Crippen LogP contribution in [-0.4, -0.2) is 34.9 Å². The minimum atomic E-state index is -0.0647. The molecule has 0 N–H and O–H groups in total. The summed E-state index contributed by atoms with van der Waals surface area (Å²) in [6, 6.07) is 5.19. The summed E-state index contributed by atoms with van der Waals surface area (Å²) in [5, 5.41) is 5.18. The van der Waals surface area contributed by atoms with E-state index in [1.165, 1.54) is 0 Å². The van der Waals surface area contributed by atoms with Gasteiger partial charge in [-0.05, 0) is 43.9 Å². The first-order chi connectivity index (χ1) is 12.6. The van der Waals surface area contributed by atoms with E-state index < -0.39 is 0 Å². The first-order valence-electron chi connectivity index (χ1n) is 8.32. The molecule has 0 amide bonds. The van der Waals surface area contributed by atoms with Crippen LogP contribution in [0.2, 0.25) is 10.0 Å². The predicted molar refractivity (Wildman–Crippen MR) is 98.8 cm³/mol. The van der Waals surface area contributed by atoms with Crippen molar-refractivity contribution in [2.75, 3.05) is 13.7 Å². The summed E-state index contributed by atoms with van der Waals surface area (Å²) in [4.78, 5) is 8.88. The Balaban J connectivity index is 1.77. The highest BCUT2D eigenvalue weighted by Gasteiger charge is 2.34. The van der Waals surface area contributed by atoms with Crippen molar-refractivity contribution >= 4 is 34.3 Å². The van der Waals surface area contributed by atoms with Crippen LogP contribution in [0.15, 0.2) is 22.7 Å². The largest absolute Gasteiger partial charge is 0.469 e. The van der Waals surface area contributed by atoms with Crippen molar-refractivity contribution in [3.05, 3.63) is 34.1 Å². The molecule has 1 unspecified atom stereocenters. The molecular weight excluding hydrogens is 377 g/mol. The first kappa shape index (κ1) is 17.5. The lowest BCUT2D eigenvalue weighted by Crippen LogP contribution is -2.25. The van der Waals surface area contributed by atoms with Crippen molar-refractivity contribution in [3.8, 4) is 17.1 Å². The number of methoxy groups -OCH3 is 1. The summed E-state index contributed by atoms with van der Waals surface area (Å²) in [5.74, 6) is 1.42. The van der Waals surface area contributed by atoms with Crippen LogP contribution in [0.25, 0.3) is 22.4 Å². The molecule has 0 bridgehead atoms.